The number of nitrogens with one attached hydrogen (secondary N) is 2. The molecule has 0 saturated heterocycles. The minimum Gasteiger partial charge on any atom is -0.355 e. The summed E-state index contributed by atoms with van der Waals surface area (Å²) in [6.07, 6.45) is 8.83. The van der Waals surface area contributed by atoms with Crippen LogP contribution in [0.15, 0.2) is 53.5 Å². The highest BCUT2D eigenvalue weighted by Gasteiger charge is 2.37. The Kier molecular flexibility index (Phi) is 10.7. The third kappa shape index (κ3) is 7.49. The fourth-order valence-corrected chi connectivity index (χ4v) is 5.23. The number of nitrogens with zero attached hydrogens (tertiary/aromatic N) is 1. The molecule has 2 aromatic rings. The predicted molar refractivity (Wildman–Crippen MR) is 148 cm³/mol. The standard InChI is InChI=1S/C31H43FN3O/c1-5-10-29(24-13-15-25(16-14-24)30(36)33-21-6-2)35-31(19-17-23(7-3)18-20-31)34-28(8-4)26-11-9-12-27(32)22-26/h9,11-16,22-23,29,35H,2,5-8,10,17-21H2,1,3-4H3,(H,33,36)/q-1. The van der Waals surface area contributed by atoms with Crippen LogP contribution in [0.3, 0.4) is 0 Å². The maximum Gasteiger partial charge on any atom is 0.251 e. The maximum atomic E-state index is 14.0. The van der Waals surface area contributed by atoms with Crippen LogP contribution in [0.25, 0.3) is 0 Å². The van der Waals surface area contributed by atoms with E-state index in [4.69, 9.17) is 4.99 Å². The van der Waals surface area contributed by atoms with E-state index in [1.54, 1.807) is 12.1 Å². The van der Waals surface area contributed by atoms with Crippen LogP contribution in [-0.2, 0) is 0 Å². The van der Waals surface area contributed by atoms with Gasteiger partial charge in [-0.05, 0) is 86.4 Å². The summed E-state index contributed by atoms with van der Waals surface area (Å²) in [5, 5.41) is 6.86. The highest BCUT2D eigenvalue weighted by molar-refractivity contribution is 6.00. The van der Waals surface area contributed by atoms with Crippen LogP contribution >= 0.6 is 0 Å². The van der Waals surface area contributed by atoms with E-state index in [0.717, 1.165) is 62.1 Å². The first-order chi connectivity index (χ1) is 17.4. The lowest BCUT2D eigenvalue weighted by Gasteiger charge is -2.41. The van der Waals surface area contributed by atoms with Crippen LogP contribution < -0.4 is 10.6 Å². The second-order valence-corrected chi connectivity index (χ2v) is 10.0. The van der Waals surface area contributed by atoms with Gasteiger partial charge in [-0.15, -0.1) is 0 Å². The lowest BCUT2D eigenvalue weighted by atomic mass is 9.79. The maximum absolute atomic E-state index is 14.0. The molecule has 1 saturated carbocycles. The van der Waals surface area contributed by atoms with Gasteiger partial charge in [0.25, 0.3) is 5.91 Å². The van der Waals surface area contributed by atoms with E-state index in [9.17, 15) is 9.18 Å². The van der Waals surface area contributed by atoms with E-state index in [0.29, 0.717) is 18.5 Å². The third-order valence-electron chi connectivity index (χ3n) is 7.41. The number of halogens is 1. The quantitative estimate of drug-likeness (QED) is 0.239. The molecule has 2 aromatic carbocycles. The number of hydrogen-bond donors (Lipinski definition) is 2. The average molecular weight is 493 g/mol. The zero-order valence-corrected chi connectivity index (χ0v) is 22.3. The second-order valence-electron chi connectivity index (χ2n) is 10.0. The van der Waals surface area contributed by atoms with E-state index >= 15 is 0 Å². The molecular weight excluding hydrogens is 449 g/mol. The molecule has 1 aliphatic carbocycles. The van der Waals surface area contributed by atoms with Gasteiger partial charge in [-0.2, -0.15) is 6.42 Å². The number of amides is 1. The number of aliphatic imine (C=N–C) groups is 1. The summed E-state index contributed by atoms with van der Waals surface area (Å²) in [5.74, 6) is 0.440. The Balaban J connectivity index is 1.91. The van der Waals surface area contributed by atoms with Gasteiger partial charge in [-0.1, -0.05) is 57.9 Å². The molecule has 1 atom stereocenters. The highest BCUT2D eigenvalue weighted by Crippen LogP contribution is 2.38. The van der Waals surface area contributed by atoms with E-state index in [2.05, 4.69) is 50.5 Å². The number of rotatable bonds is 12. The van der Waals surface area contributed by atoms with Crippen LogP contribution in [0.1, 0.15) is 106 Å². The average Bonchev–Trinajstić information content (AvgIpc) is 2.90. The van der Waals surface area contributed by atoms with Crippen molar-refractivity contribution in [1.82, 2.24) is 10.6 Å². The van der Waals surface area contributed by atoms with Gasteiger partial charge in [-0.25, -0.2) is 4.39 Å². The summed E-state index contributed by atoms with van der Waals surface area (Å²) in [5.41, 5.74) is 3.26. The summed E-state index contributed by atoms with van der Waals surface area (Å²) in [6, 6.07) is 14.9. The topological polar surface area (TPSA) is 53.5 Å². The first-order valence-electron chi connectivity index (χ1n) is 13.7. The van der Waals surface area contributed by atoms with E-state index in [-0.39, 0.29) is 23.4 Å². The molecule has 4 nitrogen and oxygen atoms in total. The van der Waals surface area contributed by atoms with Gasteiger partial charge in [-0.3, -0.25) is 15.1 Å². The van der Waals surface area contributed by atoms with Crippen molar-refractivity contribution in [3.8, 4) is 0 Å². The van der Waals surface area contributed by atoms with Gasteiger partial charge in [0.1, 0.15) is 11.5 Å². The summed E-state index contributed by atoms with van der Waals surface area (Å²) >= 11 is 0. The smallest absolute Gasteiger partial charge is 0.251 e. The SMILES string of the molecule is [CH2-]CCNC(=O)c1ccc(C(CCC)NC2(N=C(CC)c3cccc(F)c3)CCC(CC)CC2)cc1. The molecule has 1 amide bonds. The van der Waals surface area contributed by atoms with E-state index in [1.807, 2.05) is 18.2 Å². The van der Waals surface area contributed by atoms with Crippen molar-refractivity contribution >= 4 is 11.6 Å². The number of carbonyl (C=O) groups is 1. The highest BCUT2D eigenvalue weighted by atomic mass is 19.1. The van der Waals surface area contributed by atoms with Gasteiger partial charge in [0, 0.05) is 17.3 Å². The minimum absolute atomic E-state index is 0.0631. The van der Waals surface area contributed by atoms with Crippen LogP contribution in [0, 0.1) is 18.7 Å². The van der Waals surface area contributed by atoms with Gasteiger partial charge in [0.2, 0.25) is 0 Å². The van der Waals surface area contributed by atoms with Gasteiger partial charge in [0.05, 0.1) is 0 Å². The molecule has 1 fully saturated rings. The third-order valence-corrected chi connectivity index (χ3v) is 7.41. The van der Waals surface area contributed by atoms with Crippen molar-refractivity contribution in [1.29, 1.82) is 0 Å². The molecular formula is C31H43FN3O-. The first kappa shape index (κ1) is 28.0. The van der Waals surface area contributed by atoms with Crippen LogP contribution in [-0.4, -0.2) is 23.8 Å². The Hall–Kier alpha value is -2.53. The number of hydrogen-bond acceptors (Lipinski definition) is 3. The van der Waals surface area contributed by atoms with E-state index < -0.39 is 0 Å². The van der Waals surface area contributed by atoms with Gasteiger partial charge >= 0.3 is 0 Å². The molecule has 0 heterocycles. The molecule has 0 spiro atoms. The zero-order valence-electron chi connectivity index (χ0n) is 22.3. The molecule has 196 valence electrons. The van der Waals surface area contributed by atoms with Crippen molar-refractivity contribution in [3.63, 3.8) is 0 Å². The summed E-state index contributed by atoms with van der Waals surface area (Å²) in [6.45, 7) is 10.9. The first-order valence-corrected chi connectivity index (χ1v) is 13.7. The van der Waals surface area contributed by atoms with Crippen molar-refractivity contribution in [2.75, 3.05) is 6.54 Å². The van der Waals surface area contributed by atoms with Crippen LogP contribution in [0.2, 0.25) is 0 Å². The second kappa shape index (κ2) is 13.7. The Labute approximate surface area is 217 Å². The molecule has 1 aliphatic rings. The van der Waals surface area contributed by atoms with Gasteiger partial charge < -0.3 is 12.2 Å². The number of carbonyl (C=O) groups excluding carboxylic acids is 1. The summed E-state index contributed by atoms with van der Waals surface area (Å²) < 4.78 is 14.0. The predicted octanol–water partition coefficient (Wildman–Crippen LogP) is 7.41. The molecule has 0 radical (unpaired) electrons. The molecule has 1 unspecified atom stereocenters. The normalized spacial score (nSPS) is 21.2. The Morgan fingerprint density at radius 1 is 1.11 bits per heavy atom. The van der Waals surface area contributed by atoms with Crippen molar-refractivity contribution < 1.29 is 9.18 Å². The molecule has 3 rings (SSSR count). The molecule has 0 bridgehead atoms. The molecule has 0 aliphatic heterocycles. The number of benzene rings is 2. The van der Waals surface area contributed by atoms with Crippen molar-refractivity contribution in [2.45, 2.75) is 90.3 Å². The van der Waals surface area contributed by atoms with E-state index in [1.165, 1.54) is 18.1 Å². The zero-order chi connectivity index (χ0) is 26.0. The van der Waals surface area contributed by atoms with Crippen molar-refractivity contribution in [2.24, 2.45) is 10.9 Å². The lowest BCUT2D eigenvalue weighted by Crippen LogP contribution is -2.48. The largest absolute Gasteiger partial charge is 0.355 e. The Morgan fingerprint density at radius 2 is 1.83 bits per heavy atom. The van der Waals surface area contributed by atoms with Crippen molar-refractivity contribution in [3.05, 3.63) is 78.0 Å². The fraction of sp³-hybridized carbons (Fsp3) is 0.516. The van der Waals surface area contributed by atoms with Gasteiger partial charge in [0.15, 0.2) is 0 Å². The lowest BCUT2D eigenvalue weighted by molar-refractivity contribution is 0.0954. The molecule has 36 heavy (non-hydrogen) atoms. The summed E-state index contributed by atoms with van der Waals surface area (Å²) in [7, 11) is 0. The molecule has 2 N–H and O–H groups in total. The Morgan fingerprint density at radius 3 is 2.42 bits per heavy atom. The minimum atomic E-state index is -0.382. The summed E-state index contributed by atoms with van der Waals surface area (Å²) in [4.78, 5) is 17.7. The Bertz CT molecular complexity index is 993. The van der Waals surface area contributed by atoms with Crippen LogP contribution in [0.4, 0.5) is 4.39 Å². The van der Waals surface area contributed by atoms with Crippen LogP contribution in [0.5, 0.6) is 0 Å². The fourth-order valence-electron chi connectivity index (χ4n) is 5.23. The monoisotopic (exact) mass is 492 g/mol. The molecule has 0 aromatic heterocycles. The molecule has 5 heteroatoms.